The van der Waals surface area contributed by atoms with Gasteiger partial charge in [0.1, 0.15) is 6.61 Å². The Morgan fingerprint density at radius 3 is 2.38 bits per heavy atom. The number of hydrogen-bond acceptors (Lipinski definition) is 8. The highest BCUT2D eigenvalue weighted by atomic mass is 19.4. The second-order valence-electron chi connectivity index (χ2n) is 12.3. The third-order valence-electron chi connectivity index (χ3n) is 9.03. The van der Waals surface area contributed by atoms with Crippen molar-refractivity contribution in [3.63, 3.8) is 0 Å². The van der Waals surface area contributed by atoms with E-state index < -0.39 is 30.2 Å². The molecule has 1 saturated carbocycles. The van der Waals surface area contributed by atoms with Crippen LogP contribution in [-0.4, -0.2) is 46.3 Å². The number of benzene rings is 2. The van der Waals surface area contributed by atoms with Crippen LogP contribution in [0.2, 0.25) is 0 Å². The van der Waals surface area contributed by atoms with E-state index in [0.717, 1.165) is 53.6 Å². The van der Waals surface area contributed by atoms with Gasteiger partial charge in [0.25, 0.3) is 5.78 Å². The maximum absolute atomic E-state index is 14.1. The van der Waals surface area contributed by atoms with Crippen LogP contribution in [0.1, 0.15) is 63.9 Å². The molecular weight excluding hydrogens is 625 g/mol. The quantitative estimate of drug-likeness (QED) is 0.203. The van der Waals surface area contributed by atoms with Gasteiger partial charge in [-0.05, 0) is 79.8 Å². The number of carbonyl (C=O) groups is 2. The van der Waals surface area contributed by atoms with Crippen molar-refractivity contribution in [2.45, 2.75) is 77.0 Å². The Morgan fingerprint density at radius 1 is 1.04 bits per heavy atom. The van der Waals surface area contributed by atoms with Gasteiger partial charge in [-0.25, -0.2) is 4.79 Å². The molecule has 2 aromatic carbocycles. The molecule has 0 spiro atoms. The van der Waals surface area contributed by atoms with Crippen LogP contribution in [-0.2, 0) is 20.7 Å². The van der Waals surface area contributed by atoms with Gasteiger partial charge in [-0.2, -0.15) is 13.2 Å². The molecule has 3 aromatic rings. The van der Waals surface area contributed by atoms with E-state index in [2.05, 4.69) is 10.1 Å². The fraction of sp³-hybridized carbons (Fsp3) is 0.417. The Labute approximate surface area is 276 Å². The molecule has 1 aromatic heterocycles. The maximum Gasteiger partial charge on any atom is 0.452 e. The van der Waals surface area contributed by atoms with E-state index in [-0.39, 0.29) is 17.8 Å². The van der Waals surface area contributed by atoms with Crippen molar-refractivity contribution in [2.24, 2.45) is 22.6 Å². The fourth-order valence-corrected chi connectivity index (χ4v) is 6.51. The van der Waals surface area contributed by atoms with Gasteiger partial charge in [0.05, 0.1) is 17.7 Å². The third kappa shape index (κ3) is 8.46. The van der Waals surface area contributed by atoms with Gasteiger partial charge in [-0.1, -0.05) is 67.0 Å². The Bertz CT molecular complexity index is 1750. The van der Waals surface area contributed by atoms with E-state index in [1.54, 1.807) is 6.08 Å². The molecule has 9 nitrogen and oxygen atoms in total. The molecule has 1 aliphatic heterocycles. The predicted molar refractivity (Wildman–Crippen MR) is 175 cm³/mol. The summed E-state index contributed by atoms with van der Waals surface area (Å²) in [5.74, 6) is -2.29. The molecule has 0 radical (unpaired) electrons. The summed E-state index contributed by atoms with van der Waals surface area (Å²) in [4.78, 5) is 44.4. The Morgan fingerprint density at radius 2 is 1.75 bits per heavy atom. The monoisotopic (exact) mass is 664 g/mol. The molecule has 5 rings (SSSR count). The molecule has 2 aliphatic rings. The van der Waals surface area contributed by atoms with Crippen LogP contribution in [0.15, 0.2) is 86.4 Å². The number of rotatable bonds is 13. The van der Waals surface area contributed by atoms with Crippen molar-refractivity contribution in [1.82, 2.24) is 10.1 Å². The number of aromatic nitrogens is 2. The predicted octanol–water partition coefficient (Wildman–Crippen LogP) is 6.89. The number of Topliss-reactive ketones (excluding diaryl/α,β-unsaturated/α-hetero) is 2. The Balaban J connectivity index is 1.27. The van der Waals surface area contributed by atoms with Crippen molar-refractivity contribution in [3.05, 3.63) is 88.2 Å². The topological polar surface area (TPSA) is 141 Å². The van der Waals surface area contributed by atoms with Crippen molar-refractivity contribution < 1.29 is 32.0 Å². The number of aliphatic imine (C=N–C) groups is 1. The number of ketones is 2. The second kappa shape index (κ2) is 15.5. The van der Waals surface area contributed by atoms with Crippen molar-refractivity contribution >= 4 is 17.3 Å². The number of alkyl halides is 3. The molecule has 254 valence electrons. The number of nitrogens with one attached hydrogen (secondary N) is 1. The highest BCUT2D eigenvalue weighted by Crippen LogP contribution is 2.35. The summed E-state index contributed by atoms with van der Waals surface area (Å²) in [6.45, 7) is 1.10. The van der Waals surface area contributed by atoms with Crippen molar-refractivity contribution in [3.8, 4) is 22.5 Å². The van der Waals surface area contributed by atoms with Crippen LogP contribution >= 0.6 is 0 Å². The SMILES string of the molecule is CCCC1=C(Cc2ccc(-c3ccccc3-c3noc(=O)[nH]3)cc2)C(=O)C(CCC2CCC(OCC(=O)C(F)(F)F)CC2)C(C=CN)=N1. The highest BCUT2D eigenvalue weighted by Gasteiger charge is 2.39. The zero-order valence-corrected chi connectivity index (χ0v) is 26.7. The molecule has 0 saturated heterocycles. The normalized spacial score (nSPS) is 20.4. The van der Waals surface area contributed by atoms with Gasteiger partial charge < -0.3 is 10.5 Å². The number of H-pyrrole nitrogens is 1. The minimum absolute atomic E-state index is 0.0358. The second-order valence-corrected chi connectivity index (χ2v) is 12.3. The van der Waals surface area contributed by atoms with E-state index in [0.29, 0.717) is 49.2 Å². The lowest BCUT2D eigenvalue weighted by Crippen LogP contribution is -2.32. The van der Waals surface area contributed by atoms with Crippen LogP contribution in [0.4, 0.5) is 13.2 Å². The highest BCUT2D eigenvalue weighted by molar-refractivity contribution is 6.18. The van der Waals surface area contributed by atoms with Crippen LogP contribution in [0.25, 0.3) is 22.5 Å². The van der Waals surface area contributed by atoms with E-state index >= 15 is 0 Å². The van der Waals surface area contributed by atoms with E-state index in [1.165, 1.54) is 6.20 Å². The van der Waals surface area contributed by atoms with Gasteiger partial charge in [0.2, 0.25) is 0 Å². The van der Waals surface area contributed by atoms with Crippen LogP contribution in [0.3, 0.4) is 0 Å². The van der Waals surface area contributed by atoms with Gasteiger partial charge in [-0.3, -0.25) is 24.1 Å². The first-order valence-electron chi connectivity index (χ1n) is 16.3. The molecule has 0 amide bonds. The van der Waals surface area contributed by atoms with Crippen LogP contribution in [0, 0.1) is 11.8 Å². The summed E-state index contributed by atoms with van der Waals surface area (Å²) in [7, 11) is 0. The number of nitrogens with zero attached hydrogens (tertiary/aromatic N) is 2. The molecule has 3 N–H and O–H groups in total. The molecule has 1 atom stereocenters. The molecule has 12 heteroatoms. The van der Waals surface area contributed by atoms with E-state index in [1.807, 2.05) is 55.5 Å². The van der Waals surface area contributed by atoms with E-state index in [9.17, 15) is 27.6 Å². The molecule has 2 heterocycles. The summed E-state index contributed by atoms with van der Waals surface area (Å²) >= 11 is 0. The van der Waals surface area contributed by atoms with Gasteiger partial charge in [0, 0.05) is 23.3 Å². The molecule has 1 aliphatic carbocycles. The number of allylic oxidation sites excluding steroid dienone is 3. The third-order valence-corrected chi connectivity index (χ3v) is 9.03. The Hall–Kier alpha value is -4.58. The van der Waals surface area contributed by atoms with Crippen molar-refractivity contribution in [2.75, 3.05) is 6.61 Å². The van der Waals surface area contributed by atoms with E-state index in [4.69, 9.17) is 20.0 Å². The first-order valence-corrected chi connectivity index (χ1v) is 16.3. The van der Waals surface area contributed by atoms with Gasteiger partial charge in [0.15, 0.2) is 11.6 Å². The van der Waals surface area contributed by atoms with Gasteiger partial charge in [-0.15, -0.1) is 0 Å². The number of aromatic amines is 1. The minimum atomic E-state index is -4.89. The number of hydrogen-bond donors (Lipinski definition) is 2. The molecule has 1 unspecified atom stereocenters. The van der Waals surface area contributed by atoms with Crippen LogP contribution < -0.4 is 11.5 Å². The summed E-state index contributed by atoms with van der Waals surface area (Å²) in [5.41, 5.74) is 11.3. The fourth-order valence-electron chi connectivity index (χ4n) is 6.51. The first kappa shape index (κ1) is 34.7. The lowest BCUT2D eigenvalue weighted by molar-refractivity contribution is -0.177. The first-order chi connectivity index (χ1) is 23.1. The summed E-state index contributed by atoms with van der Waals surface area (Å²) < 4.78 is 47.5. The average molecular weight is 665 g/mol. The summed E-state index contributed by atoms with van der Waals surface area (Å²) in [6, 6.07) is 15.5. The molecule has 1 fully saturated rings. The smallest absolute Gasteiger partial charge is 0.405 e. The standard InChI is InChI=1S/C36H39F3N4O5/c1-2-5-30-29(20-23-8-13-24(14-9-23)26-6-3-4-7-27(26)34-42-35(46)48-43-34)33(45)28(31(41-30)18-19-40)17-12-22-10-15-25(16-11-22)47-21-32(44)36(37,38)39/h3-4,6-9,13-14,18-19,22,25,28H,2,5,10-12,15-17,20-21,40H2,1H3,(H,42,43,46). The number of ether oxygens (including phenoxy) is 1. The van der Waals surface area contributed by atoms with Crippen LogP contribution in [0.5, 0.6) is 0 Å². The molecule has 0 bridgehead atoms. The zero-order chi connectivity index (χ0) is 34.3. The molecule has 48 heavy (non-hydrogen) atoms. The van der Waals surface area contributed by atoms with Crippen molar-refractivity contribution in [1.29, 1.82) is 0 Å². The lowest BCUT2D eigenvalue weighted by Gasteiger charge is -2.30. The number of halogens is 3. The number of nitrogens with two attached hydrogens (primary N) is 1. The lowest BCUT2D eigenvalue weighted by atomic mass is 9.78. The number of carbonyl (C=O) groups excluding carboxylic acids is 2. The maximum atomic E-state index is 14.1. The Kier molecular flexibility index (Phi) is 11.3. The molecular formula is C36H39F3N4O5. The van der Waals surface area contributed by atoms with Gasteiger partial charge >= 0.3 is 11.9 Å². The summed E-state index contributed by atoms with van der Waals surface area (Å²) in [6.07, 6.45) is 3.70. The average Bonchev–Trinajstić information content (AvgIpc) is 3.51. The minimum Gasteiger partial charge on any atom is -0.405 e. The summed E-state index contributed by atoms with van der Waals surface area (Å²) in [5, 5.41) is 3.83. The largest absolute Gasteiger partial charge is 0.452 e. The zero-order valence-electron chi connectivity index (χ0n) is 26.7.